The molecule has 1 saturated heterocycles. The molecule has 2 aromatic rings. The first kappa shape index (κ1) is 18.5. The third kappa shape index (κ3) is 2.79. The van der Waals surface area contributed by atoms with Crippen molar-refractivity contribution in [1.82, 2.24) is 0 Å². The van der Waals surface area contributed by atoms with E-state index in [1.165, 1.54) is 35.2 Å². The summed E-state index contributed by atoms with van der Waals surface area (Å²) in [7, 11) is 0. The van der Waals surface area contributed by atoms with Crippen molar-refractivity contribution in [2.24, 2.45) is 23.7 Å². The van der Waals surface area contributed by atoms with Crippen LogP contribution in [0.15, 0.2) is 48.5 Å². The second-order valence-corrected chi connectivity index (χ2v) is 8.09. The first-order valence-electron chi connectivity index (χ1n) is 9.88. The van der Waals surface area contributed by atoms with E-state index < -0.39 is 10.9 Å². The van der Waals surface area contributed by atoms with Gasteiger partial charge in [-0.05, 0) is 49.3 Å². The number of nitrogens with zero attached hydrogens (tertiary/aromatic N) is 2. The summed E-state index contributed by atoms with van der Waals surface area (Å²) in [4.78, 5) is 49.9. The van der Waals surface area contributed by atoms with Gasteiger partial charge in [0, 0.05) is 18.2 Å². The van der Waals surface area contributed by atoms with E-state index in [0.29, 0.717) is 5.69 Å². The summed E-state index contributed by atoms with van der Waals surface area (Å²) in [6.07, 6.45) is 2.96. The third-order valence-corrected chi connectivity index (χ3v) is 6.51. The number of non-ortho nitro benzene ring substituents is 1. The van der Waals surface area contributed by atoms with Gasteiger partial charge in [-0.25, -0.2) is 9.69 Å². The van der Waals surface area contributed by atoms with Crippen molar-refractivity contribution in [3.63, 3.8) is 0 Å². The Bertz CT molecular complexity index is 1070. The van der Waals surface area contributed by atoms with Crippen LogP contribution in [0.4, 0.5) is 11.4 Å². The Hall–Kier alpha value is -3.55. The number of fused-ring (bicyclic) bond motifs is 5. The molecule has 2 amide bonds. The van der Waals surface area contributed by atoms with Gasteiger partial charge in [-0.3, -0.25) is 19.7 Å². The number of carbonyl (C=O) groups is 3. The summed E-state index contributed by atoms with van der Waals surface area (Å²) in [5, 5.41) is 10.9. The highest BCUT2D eigenvalue weighted by atomic mass is 16.6. The van der Waals surface area contributed by atoms with Crippen LogP contribution in [0.3, 0.4) is 0 Å². The van der Waals surface area contributed by atoms with Gasteiger partial charge in [0.25, 0.3) is 5.69 Å². The van der Waals surface area contributed by atoms with Crippen molar-refractivity contribution >= 4 is 29.2 Å². The van der Waals surface area contributed by atoms with E-state index in [0.717, 1.165) is 25.3 Å². The zero-order valence-electron chi connectivity index (χ0n) is 15.9. The van der Waals surface area contributed by atoms with Crippen molar-refractivity contribution in [3.05, 3.63) is 64.2 Å². The number of nitro benzene ring substituents is 1. The van der Waals surface area contributed by atoms with Crippen LogP contribution in [0.25, 0.3) is 0 Å². The van der Waals surface area contributed by atoms with Crippen molar-refractivity contribution in [2.45, 2.75) is 19.3 Å². The maximum absolute atomic E-state index is 13.0. The number of anilines is 1. The number of benzene rings is 2. The molecule has 1 aliphatic heterocycles. The zero-order chi connectivity index (χ0) is 21.0. The van der Waals surface area contributed by atoms with Gasteiger partial charge in [0.05, 0.1) is 28.0 Å². The van der Waals surface area contributed by atoms with Gasteiger partial charge in [0.1, 0.15) is 5.75 Å². The van der Waals surface area contributed by atoms with E-state index in [-0.39, 0.29) is 52.5 Å². The second kappa shape index (κ2) is 6.76. The topological polar surface area (TPSA) is 107 Å². The lowest BCUT2D eigenvalue weighted by Crippen LogP contribution is -2.32. The molecule has 1 heterocycles. The highest BCUT2D eigenvalue weighted by Crippen LogP contribution is 2.56. The molecule has 5 rings (SSSR count). The Morgan fingerprint density at radius 1 is 1.00 bits per heavy atom. The van der Waals surface area contributed by atoms with E-state index in [4.69, 9.17) is 4.74 Å². The van der Waals surface area contributed by atoms with Crippen LogP contribution in [-0.4, -0.2) is 22.7 Å². The molecule has 2 saturated carbocycles. The number of nitro groups is 1. The fraction of sp³-hybridized carbons (Fsp3) is 0.318. The molecule has 8 heteroatoms. The smallest absolute Gasteiger partial charge is 0.343 e. The number of imide groups is 1. The minimum atomic E-state index is -0.759. The molecule has 4 atom stereocenters. The lowest BCUT2D eigenvalue weighted by molar-refractivity contribution is -0.384. The van der Waals surface area contributed by atoms with E-state index in [2.05, 4.69) is 0 Å². The first-order chi connectivity index (χ1) is 14.4. The average molecular weight is 406 g/mol. The van der Waals surface area contributed by atoms with Gasteiger partial charge in [-0.2, -0.15) is 0 Å². The summed E-state index contributed by atoms with van der Waals surface area (Å²) in [5.74, 6) is -0.819. The fourth-order valence-electron chi connectivity index (χ4n) is 5.26. The van der Waals surface area contributed by atoms with E-state index in [9.17, 15) is 24.5 Å². The summed E-state index contributed by atoms with van der Waals surface area (Å²) in [6.45, 7) is 0. The van der Waals surface area contributed by atoms with E-state index >= 15 is 0 Å². The lowest BCUT2D eigenvalue weighted by Gasteiger charge is -2.19. The van der Waals surface area contributed by atoms with Crippen LogP contribution in [0.2, 0.25) is 0 Å². The second-order valence-electron chi connectivity index (χ2n) is 8.09. The molecule has 0 spiro atoms. The summed E-state index contributed by atoms with van der Waals surface area (Å²) >= 11 is 0. The average Bonchev–Trinajstić information content (AvgIpc) is 3.42. The standard InChI is InChI=1S/C22H18N2O6/c25-20-18-12-7-8-13(9-12)19(18)21(26)23(20)15-4-2-6-17(11-15)30-22(27)14-3-1-5-16(10-14)24(28)29/h1-6,10-13,18-19H,7-9H2/t12-,13-,18-,19+/m1/s1. The predicted octanol–water partition coefficient (Wildman–Crippen LogP) is 3.35. The van der Waals surface area contributed by atoms with Crippen LogP contribution < -0.4 is 9.64 Å². The van der Waals surface area contributed by atoms with Crippen LogP contribution in [0, 0.1) is 33.8 Å². The Balaban J connectivity index is 1.38. The first-order valence-corrected chi connectivity index (χ1v) is 9.88. The number of hydrogen-bond acceptors (Lipinski definition) is 6. The predicted molar refractivity (Wildman–Crippen MR) is 105 cm³/mol. The molecule has 8 nitrogen and oxygen atoms in total. The molecule has 0 radical (unpaired) electrons. The summed E-state index contributed by atoms with van der Waals surface area (Å²) in [5.41, 5.74) is 0.199. The van der Waals surface area contributed by atoms with E-state index in [1.54, 1.807) is 12.1 Å². The quantitative estimate of drug-likeness (QED) is 0.253. The third-order valence-electron chi connectivity index (χ3n) is 6.51. The van der Waals surface area contributed by atoms with Crippen LogP contribution in [0.5, 0.6) is 5.75 Å². The Morgan fingerprint density at radius 2 is 1.67 bits per heavy atom. The van der Waals surface area contributed by atoms with E-state index in [1.807, 2.05) is 0 Å². The molecule has 3 fully saturated rings. The number of hydrogen-bond donors (Lipinski definition) is 0. The SMILES string of the molecule is O=C(Oc1cccc(N2C(=O)[C@@H]3[C@@H]4CC[C@H](C4)[C@@H]3C2=O)c1)c1cccc([N+](=O)[O-])c1. The zero-order valence-corrected chi connectivity index (χ0v) is 15.9. The highest BCUT2D eigenvalue weighted by molar-refractivity contribution is 6.22. The Labute approximate surface area is 171 Å². The molecule has 2 aromatic carbocycles. The van der Waals surface area contributed by atoms with Gasteiger partial charge in [-0.15, -0.1) is 0 Å². The van der Waals surface area contributed by atoms with Crippen molar-refractivity contribution in [3.8, 4) is 5.75 Å². The minimum Gasteiger partial charge on any atom is -0.423 e. The fourth-order valence-corrected chi connectivity index (χ4v) is 5.26. The van der Waals surface area contributed by atoms with Gasteiger partial charge < -0.3 is 4.74 Å². The van der Waals surface area contributed by atoms with Crippen molar-refractivity contribution in [1.29, 1.82) is 0 Å². The van der Waals surface area contributed by atoms with Crippen LogP contribution in [0.1, 0.15) is 29.6 Å². The van der Waals surface area contributed by atoms with Crippen molar-refractivity contribution < 1.29 is 24.0 Å². The molecule has 3 aliphatic rings. The summed E-state index contributed by atoms with van der Waals surface area (Å²) in [6, 6.07) is 11.5. The summed E-state index contributed by atoms with van der Waals surface area (Å²) < 4.78 is 5.34. The molecule has 0 N–H and O–H groups in total. The number of ether oxygens (including phenoxy) is 1. The largest absolute Gasteiger partial charge is 0.423 e. The monoisotopic (exact) mass is 406 g/mol. The number of esters is 1. The molecule has 2 bridgehead atoms. The van der Waals surface area contributed by atoms with Crippen LogP contribution in [-0.2, 0) is 9.59 Å². The molecular formula is C22H18N2O6. The molecular weight excluding hydrogens is 388 g/mol. The van der Waals surface area contributed by atoms with Crippen molar-refractivity contribution in [2.75, 3.05) is 4.90 Å². The number of carbonyl (C=O) groups excluding carboxylic acids is 3. The minimum absolute atomic E-state index is 0.0361. The lowest BCUT2D eigenvalue weighted by atomic mass is 9.81. The van der Waals surface area contributed by atoms with Crippen LogP contribution >= 0.6 is 0 Å². The molecule has 2 aliphatic carbocycles. The number of amides is 2. The van der Waals surface area contributed by atoms with Gasteiger partial charge in [0.15, 0.2) is 0 Å². The molecule has 0 aromatic heterocycles. The molecule has 152 valence electrons. The van der Waals surface area contributed by atoms with Gasteiger partial charge in [-0.1, -0.05) is 12.1 Å². The highest BCUT2D eigenvalue weighted by Gasteiger charge is 2.61. The Kier molecular flexibility index (Phi) is 4.16. The molecule has 0 unspecified atom stereocenters. The van der Waals surface area contributed by atoms with Gasteiger partial charge >= 0.3 is 5.97 Å². The Morgan fingerprint density at radius 3 is 2.33 bits per heavy atom. The molecule has 30 heavy (non-hydrogen) atoms. The maximum atomic E-state index is 13.0. The van der Waals surface area contributed by atoms with Gasteiger partial charge in [0.2, 0.25) is 11.8 Å². The normalized spacial score (nSPS) is 26.7. The maximum Gasteiger partial charge on any atom is 0.343 e. The number of rotatable bonds is 4.